The normalized spacial score (nSPS) is 12.6. The van der Waals surface area contributed by atoms with Crippen molar-refractivity contribution >= 4 is 41.1 Å². The minimum Gasteiger partial charge on any atom is -0.508 e. The molecule has 0 radical (unpaired) electrons. The van der Waals surface area contributed by atoms with E-state index in [2.05, 4.69) is 10.6 Å². The Bertz CT molecular complexity index is 1210. The largest absolute Gasteiger partial charge is 0.508 e. The maximum absolute atomic E-state index is 14.1. The third-order valence-electron chi connectivity index (χ3n) is 6.19. The molecule has 0 aliphatic heterocycles. The third kappa shape index (κ3) is 10.3. The van der Waals surface area contributed by atoms with Crippen LogP contribution in [0.25, 0.3) is 0 Å². The van der Waals surface area contributed by atoms with Crippen LogP contribution < -0.4 is 16.4 Å². The van der Waals surface area contributed by atoms with Gasteiger partial charge in [-0.15, -0.1) is 0 Å². The summed E-state index contributed by atoms with van der Waals surface area (Å²) in [6.45, 7) is 8.89. The average Bonchev–Trinajstić information content (AvgIpc) is 2.86. The Hall–Kier alpha value is -3.79. The summed E-state index contributed by atoms with van der Waals surface area (Å²) in [6.07, 6.45) is 1.68. The van der Waals surface area contributed by atoms with E-state index in [1.807, 2.05) is 6.92 Å². The number of amides is 4. The summed E-state index contributed by atoms with van der Waals surface area (Å²) in [5, 5.41) is 16.4. The number of benzene rings is 2. The van der Waals surface area contributed by atoms with Crippen molar-refractivity contribution in [3.05, 3.63) is 58.6 Å². The summed E-state index contributed by atoms with van der Waals surface area (Å²) < 4.78 is 5.30. The summed E-state index contributed by atoms with van der Waals surface area (Å²) in [7, 11) is 0. The number of phenols is 1. The summed E-state index contributed by atoms with van der Waals surface area (Å²) in [5.74, 6) is -2.41. The van der Waals surface area contributed by atoms with E-state index < -0.39 is 47.9 Å². The Morgan fingerprint density at radius 1 is 1.05 bits per heavy atom. The highest BCUT2D eigenvalue weighted by molar-refractivity contribution is 6.34. The van der Waals surface area contributed by atoms with Gasteiger partial charge in [0.15, 0.2) is 0 Å². The number of aryl methyl sites for hydroxylation is 1. The van der Waals surface area contributed by atoms with Crippen molar-refractivity contribution in [2.24, 2.45) is 5.73 Å². The highest BCUT2D eigenvalue weighted by atomic mass is 35.5. The Kier molecular flexibility index (Phi) is 12.5. The van der Waals surface area contributed by atoms with Crippen molar-refractivity contribution in [3.8, 4) is 5.75 Å². The molecule has 2 rings (SSSR count). The Labute approximate surface area is 246 Å². The molecular formula is C30H41ClN4O6. The number of carbonyl (C=O) groups excluding carboxylic acids is 4. The number of carbonyl (C=O) groups is 4. The Morgan fingerprint density at radius 2 is 1.73 bits per heavy atom. The van der Waals surface area contributed by atoms with Crippen LogP contribution in [0.2, 0.25) is 5.02 Å². The fourth-order valence-electron chi connectivity index (χ4n) is 4.28. The minimum absolute atomic E-state index is 0.0953. The van der Waals surface area contributed by atoms with Crippen molar-refractivity contribution in [2.75, 3.05) is 11.9 Å². The molecule has 2 unspecified atom stereocenters. The van der Waals surface area contributed by atoms with E-state index in [0.717, 1.165) is 19.3 Å². The second-order valence-electron chi connectivity index (χ2n) is 10.8. The van der Waals surface area contributed by atoms with Gasteiger partial charge in [-0.05, 0) is 51.8 Å². The number of aromatic hydroxyl groups is 1. The topological polar surface area (TPSA) is 151 Å². The second kappa shape index (κ2) is 15.3. The van der Waals surface area contributed by atoms with E-state index in [4.69, 9.17) is 22.1 Å². The summed E-state index contributed by atoms with van der Waals surface area (Å²) >= 11 is 6.38. The molecule has 0 bridgehead atoms. The van der Waals surface area contributed by atoms with Crippen molar-refractivity contribution in [1.29, 1.82) is 0 Å². The van der Waals surface area contributed by atoms with E-state index in [1.165, 1.54) is 17.0 Å². The molecule has 0 heterocycles. The highest BCUT2D eigenvalue weighted by Crippen LogP contribution is 2.33. The van der Waals surface area contributed by atoms with Gasteiger partial charge in [0.1, 0.15) is 23.4 Å². The molecule has 2 aromatic carbocycles. The molecule has 0 aliphatic rings. The lowest BCUT2D eigenvalue weighted by Crippen LogP contribution is -2.53. The first kappa shape index (κ1) is 33.4. The van der Waals surface area contributed by atoms with Gasteiger partial charge in [-0.2, -0.15) is 0 Å². The van der Waals surface area contributed by atoms with Crippen LogP contribution in [0, 0.1) is 6.92 Å². The van der Waals surface area contributed by atoms with E-state index in [0.29, 0.717) is 22.7 Å². The predicted octanol–water partition coefficient (Wildman–Crippen LogP) is 5.21. The molecule has 0 saturated heterocycles. The van der Waals surface area contributed by atoms with Crippen LogP contribution >= 0.6 is 11.6 Å². The van der Waals surface area contributed by atoms with Crippen LogP contribution in [0.5, 0.6) is 5.75 Å². The van der Waals surface area contributed by atoms with E-state index in [-0.39, 0.29) is 17.9 Å². The Morgan fingerprint density at radius 3 is 2.32 bits per heavy atom. The van der Waals surface area contributed by atoms with Gasteiger partial charge in [-0.3, -0.25) is 14.4 Å². The van der Waals surface area contributed by atoms with Crippen molar-refractivity contribution in [1.82, 2.24) is 10.2 Å². The number of alkyl carbamates (subject to hydrolysis) is 1. The van der Waals surface area contributed by atoms with Crippen molar-refractivity contribution in [3.63, 3.8) is 0 Å². The smallest absolute Gasteiger partial charge is 0.408 e. The van der Waals surface area contributed by atoms with Gasteiger partial charge in [0.05, 0.1) is 17.1 Å². The first-order valence-corrected chi connectivity index (χ1v) is 14.0. The molecule has 5 N–H and O–H groups in total. The van der Waals surface area contributed by atoms with Gasteiger partial charge < -0.3 is 31.1 Å². The van der Waals surface area contributed by atoms with Crippen LogP contribution in [0.1, 0.15) is 77.0 Å². The quantitative estimate of drug-likeness (QED) is 0.236. The number of rotatable bonds is 13. The number of para-hydroxylation sites is 2. The van der Waals surface area contributed by atoms with Crippen molar-refractivity contribution < 1.29 is 29.0 Å². The van der Waals surface area contributed by atoms with Gasteiger partial charge in [0.2, 0.25) is 11.8 Å². The number of unbranched alkanes of at least 4 members (excludes halogenated alkanes) is 3. The molecule has 224 valence electrons. The summed E-state index contributed by atoms with van der Waals surface area (Å²) in [5.41, 5.74) is 5.79. The van der Waals surface area contributed by atoms with E-state index >= 15 is 0 Å². The molecule has 10 nitrogen and oxygen atoms in total. The van der Waals surface area contributed by atoms with Gasteiger partial charge in [-0.1, -0.05) is 68.1 Å². The fraction of sp³-hybridized carbons (Fsp3) is 0.467. The number of nitrogens with one attached hydrogen (secondary N) is 2. The van der Waals surface area contributed by atoms with Gasteiger partial charge >= 0.3 is 6.09 Å². The molecule has 41 heavy (non-hydrogen) atoms. The number of hydrogen-bond acceptors (Lipinski definition) is 6. The molecule has 2 atom stereocenters. The molecule has 2 aromatic rings. The van der Waals surface area contributed by atoms with Crippen LogP contribution in [-0.2, 0) is 19.1 Å². The molecule has 0 spiro atoms. The number of anilines is 1. The number of halogens is 1. The zero-order valence-electron chi connectivity index (χ0n) is 24.3. The number of hydrogen-bond donors (Lipinski definition) is 4. The lowest BCUT2D eigenvalue weighted by Gasteiger charge is -2.34. The number of ether oxygens (including phenoxy) is 1. The number of nitrogens with zero attached hydrogens (tertiary/aromatic N) is 1. The predicted molar refractivity (Wildman–Crippen MR) is 158 cm³/mol. The molecule has 0 aromatic heterocycles. The number of primary amides is 1. The monoisotopic (exact) mass is 588 g/mol. The maximum Gasteiger partial charge on any atom is 0.408 e. The first-order chi connectivity index (χ1) is 19.2. The van der Waals surface area contributed by atoms with Crippen molar-refractivity contribution in [2.45, 2.75) is 84.4 Å². The molecule has 0 saturated carbocycles. The molecule has 0 fully saturated rings. The standard InChI is InChI=1S/C30H41ClN4O6/c1-6-7-8-11-17-35(28(39)22(18-24(32)37)33-29(40)41-30(3,4)5)26(20-14-9-10-16-23(20)36)27(38)34-25-19(2)13-12-15-21(25)31/h9-10,12-16,22,26,36H,6-8,11,17-18H2,1-5H3,(H2,32,37)(H,33,40)(H,34,38). The van der Waals surface area contributed by atoms with Crippen LogP contribution in [0.15, 0.2) is 42.5 Å². The van der Waals surface area contributed by atoms with Crippen LogP contribution in [0.3, 0.4) is 0 Å². The van der Waals surface area contributed by atoms with Crippen LogP contribution in [-0.4, -0.2) is 52.0 Å². The fourth-order valence-corrected chi connectivity index (χ4v) is 4.55. The second-order valence-corrected chi connectivity index (χ2v) is 11.3. The zero-order valence-corrected chi connectivity index (χ0v) is 25.1. The zero-order chi connectivity index (χ0) is 30.7. The summed E-state index contributed by atoms with van der Waals surface area (Å²) in [4.78, 5) is 54.0. The van der Waals surface area contributed by atoms with Crippen LogP contribution in [0.4, 0.5) is 10.5 Å². The maximum atomic E-state index is 14.1. The third-order valence-corrected chi connectivity index (χ3v) is 6.51. The average molecular weight is 589 g/mol. The SMILES string of the molecule is CCCCCCN(C(=O)C(CC(N)=O)NC(=O)OC(C)(C)C)C(C(=O)Nc1c(C)cccc1Cl)c1ccccc1O. The van der Waals surface area contributed by atoms with Gasteiger partial charge in [0.25, 0.3) is 5.91 Å². The van der Waals surface area contributed by atoms with Gasteiger partial charge in [-0.25, -0.2) is 4.79 Å². The Balaban J connectivity index is 2.60. The first-order valence-electron chi connectivity index (χ1n) is 13.7. The van der Waals surface area contributed by atoms with E-state index in [1.54, 1.807) is 58.0 Å². The highest BCUT2D eigenvalue weighted by Gasteiger charge is 2.38. The molecule has 11 heteroatoms. The molecule has 4 amide bonds. The summed E-state index contributed by atoms with van der Waals surface area (Å²) in [6, 6.07) is 8.57. The van der Waals surface area contributed by atoms with Gasteiger partial charge in [0, 0.05) is 12.1 Å². The lowest BCUT2D eigenvalue weighted by atomic mass is 10.00. The van der Waals surface area contributed by atoms with E-state index in [9.17, 15) is 24.3 Å². The molecule has 0 aliphatic carbocycles. The number of nitrogens with two attached hydrogens (primary N) is 1. The molecular weight excluding hydrogens is 548 g/mol. The number of phenolic OH excluding ortho intramolecular Hbond substituents is 1. The minimum atomic E-state index is -1.42. The lowest BCUT2D eigenvalue weighted by molar-refractivity contribution is -0.142.